The quantitative estimate of drug-likeness (QED) is 0.275. The Kier molecular flexibility index (Phi) is 5.44. The minimum Gasteiger partial charge on any atom is -0.494 e. The predicted molar refractivity (Wildman–Crippen MR) is 134 cm³/mol. The normalized spacial score (nSPS) is 15.5. The van der Waals surface area contributed by atoms with Gasteiger partial charge in [-0.2, -0.15) is 5.10 Å². The van der Waals surface area contributed by atoms with Crippen LogP contribution in [0.25, 0.3) is 11.4 Å². The van der Waals surface area contributed by atoms with Gasteiger partial charge in [0.2, 0.25) is 0 Å². The Morgan fingerprint density at radius 3 is 2.68 bits per heavy atom. The van der Waals surface area contributed by atoms with Gasteiger partial charge in [-0.1, -0.05) is 12.1 Å². The van der Waals surface area contributed by atoms with Gasteiger partial charge in [-0.3, -0.25) is 9.48 Å². The molecule has 1 saturated heterocycles. The topological polar surface area (TPSA) is 161 Å². The van der Waals surface area contributed by atoms with E-state index < -0.39 is 18.5 Å². The van der Waals surface area contributed by atoms with Crippen molar-refractivity contribution < 1.29 is 23.5 Å². The second kappa shape index (κ2) is 9.79. The van der Waals surface area contributed by atoms with Crippen LogP contribution in [0, 0.1) is 0 Å². The van der Waals surface area contributed by atoms with E-state index in [1.165, 1.54) is 19.4 Å². The average Bonchev–Trinajstić information content (AvgIpc) is 3.32. The highest BCUT2D eigenvalue weighted by atomic mass is 16.5. The number of ether oxygens (including phenoxy) is 2. The average molecular weight is 507 g/mol. The SMILES string of the molecule is [2H]C([2H])([2H])NC(=O)c1nnc(Nc2ccc(C3(O)COC3)cn2)cc1Nc1cccc(-c2ncn(C)n2)c1OC. The second-order valence-electron chi connectivity index (χ2n) is 8.28. The third kappa shape index (κ3) is 4.77. The molecule has 0 saturated carbocycles. The maximum Gasteiger partial charge on any atom is 0.273 e. The van der Waals surface area contributed by atoms with Crippen LogP contribution in [0.5, 0.6) is 5.75 Å². The molecule has 13 heteroatoms. The fourth-order valence-corrected chi connectivity index (χ4v) is 3.75. The summed E-state index contributed by atoms with van der Waals surface area (Å²) in [5, 5.41) is 30.8. The van der Waals surface area contributed by atoms with Gasteiger partial charge in [0.05, 0.1) is 37.3 Å². The first kappa shape index (κ1) is 20.6. The molecule has 0 atom stereocenters. The summed E-state index contributed by atoms with van der Waals surface area (Å²) < 4.78 is 34.5. The molecule has 37 heavy (non-hydrogen) atoms. The van der Waals surface area contributed by atoms with E-state index in [1.54, 1.807) is 48.4 Å². The lowest BCUT2D eigenvalue weighted by Gasteiger charge is -2.36. The fourth-order valence-electron chi connectivity index (χ4n) is 3.75. The van der Waals surface area contributed by atoms with Crippen molar-refractivity contribution in [2.75, 3.05) is 37.9 Å². The number of hydrogen-bond donors (Lipinski definition) is 4. The first-order valence-electron chi connectivity index (χ1n) is 12.6. The van der Waals surface area contributed by atoms with Crippen LogP contribution < -0.4 is 20.7 Å². The molecule has 4 N–H and O–H groups in total. The lowest BCUT2D eigenvalue weighted by atomic mass is 9.94. The molecule has 0 unspecified atom stereocenters. The summed E-state index contributed by atoms with van der Waals surface area (Å²) in [5.41, 5.74) is 0.460. The summed E-state index contributed by atoms with van der Waals surface area (Å²) in [7, 11) is 3.22. The highest BCUT2D eigenvalue weighted by Crippen LogP contribution is 2.37. The minimum atomic E-state index is -2.74. The maximum absolute atomic E-state index is 12.8. The molecule has 1 fully saturated rings. The Balaban J connectivity index is 1.48. The number of aryl methyl sites for hydroxylation is 1. The number of carbonyl (C=O) groups excluding carboxylic acids is 1. The van der Waals surface area contributed by atoms with Crippen molar-refractivity contribution in [1.29, 1.82) is 0 Å². The Labute approximate surface area is 216 Å². The molecule has 0 bridgehead atoms. The monoisotopic (exact) mass is 506 g/mol. The molecule has 13 nitrogen and oxygen atoms in total. The first-order chi connectivity index (χ1) is 19.0. The number of pyridine rings is 1. The van der Waals surface area contributed by atoms with E-state index in [0.717, 1.165) is 0 Å². The van der Waals surface area contributed by atoms with Crippen LogP contribution in [-0.2, 0) is 17.4 Å². The van der Waals surface area contributed by atoms with E-state index in [9.17, 15) is 9.90 Å². The fraction of sp³-hybridized carbons (Fsp3) is 0.250. The summed E-state index contributed by atoms with van der Waals surface area (Å²) in [4.78, 5) is 21.4. The number of carbonyl (C=O) groups is 1. The standard InChI is InChI=1S/C24H25N9O4/c1-25-23(34)20-17(28-16-6-4-5-15(21(16)36-3)22-27-13-33(2)32-22)9-19(30-31-20)29-18-8-7-14(10-26-18)24(35)11-37-12-24/h4-10,13,35H,11-12H2,1-3H3,(H,25,34)(H2,26,28,29,30)/i1D3. The zero-order valence-electron chi connectivity index (χ0n) is 22.9. The molecular formula is C24H25N9O4. The maximum atomic E-state index is 12.8. The van der Waals surface area contributed by atoms with E-state index in [1.807, 2.05) is 5.32 Å². The molecule has 1 aliphatic rings. The number of nitrogens with one attached hydrogen (secondary N) is 3. The lowest BCUT2D eigenvalue weighted by molar-refractivity contribution is -0.184. The number of rotatable bonds is 8. The molecule has 1 aromatic carbocycles. The van der Waals surface area contributed by atoms with Gasteiger partial charge in [-0.25, -0.2) is 9.97 Å². The molecule has 4 aromatic rings. The van der Waals surface area contributed by atoms with Crippen LogP contribution in [0.3, 0.4) is 0 Å². The summed E-state index contributed by atoms with van der Waals surface area (Å²) in [5.74, 6) is 0.457. The molecule has 0 radical (unpaired) electrons. The Morgan fingerprint density at radius 1 is 1.16 bits per heavy atom. The van der Waals surface area contributed by atoms with E-state index >= 15 is 0 Å². The van der Waals surface area contributed by atoms with E-state index in [0.29, 0.717) is 34.2 Å². The van der Waals surface area contributed by atoms with Crippen molar-refractivity contribution >= 4 is 28.9 Å². The number of benzene rings is 1. The van der Waals surface area contributed by atoms with Crippen LogP contribution in [0.15, 0.2) is 48.9 Å². The third-order valence-corrected chi connectivity index (χ3v) is 5.69. The van der Waals surface area contributed by atoms with Crippen LogP contribution >= 0.6 is 0 Å². The number of aromatic nitrogens is 6. The molecule has 0 spiro atoms. The molecular weight excluding hydrogens is 478 g/mol. The van der Waals surface area contributed by atoms with E-state index in [4.69, 9.17) is 13.6 Å². The number of anilines is 4. The number of hydrogen-bond acceptors (Lipinski definition) is 11. The number of methoxy groups -OCH3 is 1. The second-order valence-corrected chi connectivity index (χ2v) is 8.28. The number of para-hydroxylation sites is 1. The van der Waals surface area contributed by atoms with Gasteiger partial charge < -0.3 is 30.5 Å². The van der Waals surface area contributed by atoms with Crippen molar-refractivity contribution in [3.8, 4) is 17.1 Å². The molecule has 190 valence electrons. The first-order valence-corrected chi connectivity index (χ1v) is 11.1. The van der Waals surface area contributed by atoms with Gasteiger partial charge in [-0.05, 0) is 18.2 Å². The van der Waals surface area contributed by atoms with Crippen molar-refractivity contribution in [3.05, 3.63) is 60.2 Å². The zero-order valence-corrected chi connectivity index (χ0v) is 19.9. The van der Waals surface area contributed by atoms with Crippen molar-refractivity contribution in [3.63, 3.8) is 0 Å². The van der Waals surface area contributed by atoms with Crippen LogP contribution in [0.2, 0.25) is 0 Å². The lowest BCUT2D eigenvalue weighted by Crippen LogP contribution is -2.46. The summed E-state index contributed by atoms with van der Waals surface area (Å²) >= 11 is 0. The molecule has 0 aliphatic carbocycles. The van der Waals surface area contributed by atoms with Crippen molar-refractivity contribution in [2.24, 2.45) is 7.05 Å². The molecule has 3 aromatic heterocycles. The predicted octanol–water partition coefficient (Wildman–Crippen LogP) is 1.74. The van der Waals surface area contributed by atoms with Crippen LogP contribution in [0.4, 0.5) is 23.0 Å². The van der Waals surface area contributed by atoms with Gasteiger partial charge in [0, 0.05) is 36.0 Å². The largest absolute Gasteiger partial charge is 0.494 e. The molecule has 4 heterocycles. The van der Waals surface area contributed by atoms with Crippen LogP contribution in [0.1, 0.15) is 20.2 Å². The van der Waals surface area contributed by atoms with Crippen LogP contribution in [-0.4, -0.2) is 68.3 Å². The summed E-state index contributed by atoms with van der Waals surface area (Å²) in [6.07, 6.45) is 3.08. The summed E-state index contributed by atoms with van der Waals surface area (Å²) in [6.45, 7) is -2.35. The summed E-state index contributed by atoms with van der Waals surface area (Å²) in [6, 6.07) is 10.1. The zero-order chi connectivity index (χ0) is 28.5. The third-order valence-electron chi connectivity index (χ3n) is 5.69. The van der Waals surface area contributed by atoms with Crippen molar-refractivity contribution in [2.45, 2.75) is 5.60 Å². The molecule has 5 rings (SSSR count). The molecule has 1 aliphatic heterocycles. The Hall–Kier alpha value is -4.62. The number of nitrogens with zero attached hydrogens (tertiary/aromatic N) is 6. The molecule has 1 amide bonds. The van der Waals surface area contributed by atoms with E-state index in [-0.39, 0.29) is 30.4 Å². The van der Waals surface area contributed by atoms with Gasteiger partial charge in [-0.15, -0.1) is 10.2 Å². The van der Waals surface area contributed by atoms with Gasteiger partial charge in [0.15, 0.2) is 23.1 Å². The minimum absolute atomic E-state index is 0.140. The number of aliphatic hydroxyl groups is 1. The van der Waals surface area contributed by atoms with E-state index in [2.05, 4.69) is 35.9 Å². The smallest absolute Gasteiger partial charge is 0.273 e. The Bertz CT molecular complexity index is 1540. The van der Waals surface area contributed by atoms with Gasteiger partial charge in [0.1, 0.15) is 17.7 Å². The highest BCUT2D eigenvalue weighted by Gasteiger charge is 2.38. The van der Waals surface area contributed by atoms with Crippen molar-refractivity contribution in [1.82, 2.24) is 35.3 Å². The van der Waals surface area contributed by atoms with Gasteiger partial charge in [0.25, 0.3) is 5.91 Å². The van der Waals surface area contributed by atoms with Gasteiger partial charge >= 0.3 is 0 Å². The Morgan fingerprint density at radius 2 is 2.03 bits per heavy atom. The highest BCUT2D eigenvalue weighted by molar-refractivity contribution is 5.99. The number of amides is 1.